The fourth-order valence-electron chi connectivity index (χ4n) is 2.29. The van der Waals surface area contributed by atoms with Crippen LogP contribution in [0.5, 0.6) is 0 Å². The van der Waals surface area contributed by atoms with Crippen molar-refractivity contribution in [1.82, 2.24) is 0 Å². The maximum absolute atomic E-state index is 12.3. The summed E-state index contributed by atoms with van der Waals surface area (Å²) in [6, 6.07) is 22.8. The first-order chi connectivity index (χ1) is 12.1. The molecule has 2 N–H and O–H groups in total. The van der Waals surface area contributed by atoms with Gasteiger partial charge in [-0.1, -0.05) is 46.3 Å². The quantitative estimate of drug-likeness (QED) is 0.587. The number of nitrogens with one attached hydrogen (secondary N) is 2. The second kappa shape index (κ2) is 7.77. The molecule has 0 saturated heterocycles. The number of hydrogen-bond acceptors (Lipinski definition) is 2. The molecule has 25 heavy (non-hydrogen) atoms. The van der Waals surface area contributed by atoms with Gasteiger partial charge in [-0.05, 0) is 48.5 Å². The van der Waals surface area contributed by atoms with Crippen LogP contribution in [0.25, 0.3) is 0 Å². The SMILES string of the molecule is O=C(Nc1ccc(Br)cc1)Nc1ccc(C(=O)c2ccccc2)cc1. The first kappa shape index (κ1) is 16.9. The zero-order chi connectivity index (χ0) is 17.6. The highest BCUT2D eigenvalue weighted by molar-refractivity contribution is 9.10. The second-order valence-electron chi connectivity index (χ2n) is 5.36. The number of ketones is 1. The molecule has 4 nitrogen and oxygen atoms in total. The average molecular weight is 395 g/mol. The first-order valence-electron chi connectivity index (χ1n) is 7.65. The minimum absolute atomic E-state index is 0.0496. The van der Waals surface area contributed by atoms with E-state index in [0.717, 1.165) is 4.47 Å². The zero-order valence-electron chi connectivity index (χ0n) is 13.2. The predicted molar refractivity (Wildman–Crippen MR) is 103 cm³/mol. The summed E-state index contributed by atoms with van der Waals surface area (Å²) < 4.78 is 0.942. The van der Waals surface area contributed by atoms with Crippen LogP contribution < -0.4 is 10.6 Å². The molecule has 0 aromatic heterocycles. The standard InChI is InChI=1S/C20H15BrN2O2/c21-16-8-12-18(13-9-16)23-20(25)22-17-10-6-15(7-11-17)19(24)14-4-2-1-3-5-14/h1-13H,(H2,22,23,25). The number of urea groups is 1. The van der Waals surface area contributed by atoms with Gasteiger partial charge >= 0.3 is 6.03 Å². The smallest absolute Gasteiger partial charge is 0.308 e. The largest absolute Gasteiger partial charge is 0.323 e. The fourth-order valence-corrected chi connectivity index (χ4v) is 2.55. The zero-order valence-corrected chi connectivity index (χ0v) is 14.8. The molecule has 0 aliphatic heterocycles. The summed E-state index contributed by atoms with van der Waals surface area (Å²) in [4.78, 5) is 24.4. The van der Waals surface area contributed by atoms with Crippen LogP contribution in [0.15, 0.2) is 83.3 Å². The molecular formula is C20H15BrN2O2. The molecule has 0 heterocycles. The summed E-state index contributed by atoms with van der Waals surface area (Å²) in [6.45, 7) is 0. The van der Waals surface area contributed by atoms with Gasteiger partial charge in [-0.2, -0.15) is 0 Å². The third kappa shape index (κ3) is 4.55. The molecule has 0 fully saturated rings. The van der Waals surface area contributed by atoms with E-state index in [2.05, 4.69) is 26.6 Å². The van der Waals surface area contributed by atoms with Crippen molar-refractivity contribution >= 4 is 39.1 Å². The summed E-state index contributed by atoms with van der Waals surface area (Å²) in [5.41, 5.74) is 2.51. The normalized spacial score (nSPS) is 10.1. The van der Waals surface area contributed by atoms with Crippen molar-refractivity contribution in [3.05, 3.63) is 94.5 Å². The summed E-state index contributed by atoms with van der Waals surface area (Å²) in [5.74, 6) is -0.0496. The van der Waals surface area contributed by atoms with Crippen LogP contribution in [0.1, 0.15) is 15.9 Å². The van der Waals surface area contributed by atoms with Crippen LogP contribution in [0.3, 0.4) is 0 Å². The van der Waals surface area contributed by atoms with Crippen molar-refractivity contribution in [2.75, 3.05) is 10.6 Å². The van der Waals surface area contributed by atoms with E-state index in [-0.39, 0.29) is 11.8 Å². The molecule has 0 unspecified atom stereocenters. The Kier molecular flexibility index (Phi) is 5.26. The first-order valence-corrected chi connectivity index (χ1v) is 8.44. The number of carbonyl (C=O) groups is 2. The molecule has 3 aromatic rings. The highest BCUT2D eigenvalue weighted by Gasteiger charge is 2.09. The van der Waals surface area contributed by atoms with E-state index in [1.54, 1.807) is 48.5 Å². The van der Waals surface area contributed by atoms with Crippen molar-refractivity contribution in [2.24, 2.45) is 0 Å². The molecule has 0 aliphatic carbocycles. The van der Waals surface area contributed by atoms with Crippen molar-refractivity contribution in [1.29, 1.82) is 0 Å². The lowest BCUT2D eigenvalue weighted by atomic mass is 10.0. The summed E-state index contributed by atoms with van der Waals surface area (Å²) in [6.07, 6.45) is 0. The van der Waals surface area contributed by atoms with E-state index in [1.807, 2.05) is 30.3 Å². The highest BCUT2D eigenvalue weighted by atomic mass is 79.9. The molecular weight excluding hydrogens is 380 g/mol. The molecule has 5 heteroatoms. The van der Waals surface area contributed by atoms with E-state index in [9.17, 15) is 9.59 Å². The summed E-state index contributed by atoms with van der Waals surface area (Å²) in [7, 11) is 0. The number of rotatable bonds is 4. The number of anilines is 2. The number of benzene rings is 3. The molecule has 0 radical (unpaired) electrons. The lowest BCUT2D eigenvalue weighted by molar-refractivity contribution is 0.103. The molecule has 0 atom stereocenters. The van der Waals surface area contributed by atoms with Crippen LogP contribution in [-0.2, 0) is 0 Å². The van der Waals surface area contributed by atoms with Gasteiger partial charge in [0.25, 0.3) is 0 Å². The second-order valence-corrected chi connectivity index (χ2v) is 6.27. The maximum Gasteiger partial charge on any atom is 0.323 e. The van der Waals surface area contributed by atoms with Gasteiger partial charge in [-0.25, -0.2) is 4.79 Å². The van der Waals surface area contributed by atoms with E-state index in [1.165, 1.54) is 0 Å². The van der Waals surface area contributed by atoms with E-state index >= 15 is 0 Å². The van der Waals surface area contributed by atoms with E-state index < -0.39 is 0 Å². The molecule has 0 aliphatic rings. The van der Waals surface area contributed by atoms with Gasteiger partial charge in [0.2, 0.25) is 0 Å². The Morgan fingerprint density at radius 2 is 1.12 bits per heavy atom. The van der Waals surface area contributed by atoms with E-state index in [0.29, 0.717) is 22.5 Å². The number of carbonyl (C=O) groups excluding carboxylic acids is 2. The lowest BCUT2D eigenvalue weighted by Gasteiger charge is -2.08. The van der Waals surface area contributed by atoms with Gasteiger partial charge < -0.3 is 10.6 Å². The van der Waals surface area contributed by atoms with Crippen LogP contribution in [0.4, 0.5) is 16.2 Å². The number of halogens is 1. The van der Waals surface area contributed by atoms with Gasteiger partial charge in [-0.3, -0.25) is 4.79 Å². The van der Waals surface area contributed by atoms with Gasteiger partial charge in [-0.15, -0.1) is 0 Å². The predicted octanol–water partition coefficient (Wildman–Crippen LogP) is 5.32. The molecule has 2 amide bonds. The Labute approximate surface area is 154 Å². The number of amides is 2. The van der Waals surface area contributed by atoms with Crippen molar-refractivity contribution in [3.8, 4) is 0 Å². The molecule has 3 aromatic carbocycles. The molecule has 0 bridgehead atoms. The Hall–Kier alpha value is -2.92. The van der Waals surface area contributed by atoms with Crippen molar-refractivity contribution in [2.45, 2.75) is 0 Å². The minimum atomic E-state index is -0.343. The highest BCUT2D eigenvalue weighted by Crippen LogP contribution is 2.16. The van der Waals surface area contributed by atoms with Gasteiger partial charge in [0.05, 0.1) is 0 Å². The molecule has 3 rings (SSSR count). The average Bonchev–Trinajstić information content (AvgIpc) is 2.64. The van der Waals surface area contributed by atoms with Crippen LogP contribution >= 0.6 is 15.9 Å². The topological polar surface area (TPSA) is 58.2 Å². The van der Waals surface area contributed by atoms with Gasteiger partial charge in [0.15, 0.2) is 5.78 Å². The maximum atomic E-state index is 12.3. The fraction of sp³-hybridized carbons (Fsp3) is 0. The third-order valence-corrected chi connectivity index (χ3v) is 4.07. The molecule has 124 valence electrons. The Bertz CT molecular complexity index is 876. The van der Waals surface area contributed by atoms with Crippen LogP contribution in [-0.4, -0.2) is 11.8 Å². The Balaban J connectivity index is 1.63. The summed E-state index contributed by atoms with van der Waals surface area (Å²) in [5, 5.41) is 5.48. The van der Waals surface area contributed by atoms with Crippen molar-refractivity contribution < 1.29 is 9.59 Å². The van der Waals surface area contributed by atoms with E-state index in [4.69, 9.17) is 0 Å². The summed E-state index contributed by atoms with van der Waals surface area (Å²) >= 11 is 3.34. The monoisotopic (exact) mass is 394 g/mol. The van der Waals surface area contributed by atoms with Crippen LogP contribution in [0, 0.1) is 0 Å². The Morgan fingerprint density at radius 1 is 0.640 bits per heavy atom. The third-order valence-electron chi connectivity index (χ3n) is 3.54. The Morgan fingerprint density at radius 3 is 1.68 bits per heavy atom. The molecule has 0 spiro atoms. The van der Waals surface area contributed by atoms with Gasteiger partial charge in [0.1, 0.15) is 0 Å². The lowest BCUT2D eigenvalue weighted by Crippen LogP contribution is -2.19. The van der Waals surface area contributed by atoms with Crippen molar-refractivity contribution in [3.63, 3.8) is 0 Å². The van der Waals surface area contributed by atoms with Gasteiger partial charge in [0, 0.05) is 27.0 Å². The van der Waals surface area contributed by atoms with Crippen LogP contribution in [0.2, 0.25) is 0 Å². The number of hydrogen-bond donors (Lipinski definition) is 2. The minimum Gasteiger partial charge on any atom is -0.308 e. The molecule has 0 saturated carbocycles.